The minimum Gasteiger partial charge on any atom is -0.495 e. The molecule has 0 radical (unpaired) electrons. The zero-order valence-electron chi connectivity index (χ0n) is 10.9. The average Bonchev–Trinajstić information content (AvgIpc) is 2.40. The molecule has 2 aromatic rings. The average molecular weight is 403 g/mol. The Balaban J connectivity index is 2.06. The first-order valence-electron chi connectivity index (χ1n) is 6.08. The van der Waals surface area contributed by atoms with E-state index in [2.05, 4.69) is 37.2 Å². The van der Waals surface area contributed by atoms with Gasteiger partial charge in [0.2, 0.25) is 0 Å². The highest BCUT2D eigenvalue weighted by molar-refractivity contribution is 9.11. The van der Waals surface area contributed by atoms with Crippen LogP contribution in [0.1, 0.15) is 11.1 Å². The third-order valence-corrected chi connectivity index (χ3v) is 3.93. The molecule has 0 spiro atoms. The monoisotopic (exact) mass is 401 g/mol. The van der Waals surface area contributed by atoms with Crippen molar-refractivity contribution in [2.45, 2.75) is 13.1 Å². The van der Waals surface area contributed by atoms with E-state index in [1.54, 1.807) is 19.2 Å². The normalized spacial score (nSPS) is 10.6. The van der Waals surface area contributed by atoms with Gasteiger partial charge < -0.3 is 10.1 Å². The van der Waals surface area contributed by atoms with Crippen molar-refractivity contribution in [1.82, 2.24) is 5.32 Å². The molecule has 1 N–H and O–H groups in total. The van der Waals surface area contributed by atoms with Crippen LogP contribution in [0.3, 0.4) is 0 Å². The fraction of sp³-hybridized carbons (Fsp3) is 0.200. The molecule has 0 aliphatic carbocycles. The van der Waals surface area contributed by atoms with E-state index in [1.807, 2.05) is 18.2 Å². The Morgan fingerprint density at radius 1 is 1.10 bits per heavy atom. The summed E-state index contributed by atoms with van der Waals surface area (Å²) in [7, 11) is 1.63. The second-order valence-corrected chi connectivity index (χ2v) is 6.04. The third-order valence-electron chi connectivity index (χ3n) is 2.88. The van der Waals surface area contributed by atoms with E-state index >= 15 is 0 Å². The number of benzene rings is 2. The summed E-state index contributed by atoms with van der Waals surface area (Å²) in [5.41, 5.74) is 1.66. The van der Waals surface area contributed by atoms with Crippen LogP contribution in [0, 0.1) is 5.82 Å². The molecule has 0 unspecified atom stereocenters. The van der Waals surface area contributed by atoms with Gasteiger partial charge >= 0.3 is 0 Å². The van der Waals surface area contributed by atoms with Gasteiger partial charge in [-0.2, -0.15) is 0 Å². The van der Waals surface area contributed by atoms with Crippen LogP contribution in [0.2, 0.25) is 0 Å². The second kappa shape index (κ2) is 7.20. The van der Waals surface area contributed by atoms with Gasteiger partial charge in [-0.25, -0.2) is 4.39 Å². The maximum Gasteiger partial charge on any atom is 0.137 e. The smallest absolute Gasteiger partial charge is 0.137 e. The van der Waals surface area contributed by atoms with Gasteiger partial charge in [-0.15, -0.1) is 0 Å². The van der Waals surface area contributed by atoms with E-state index in [9.17, 15) is 4.39 Å². The molecule has 0 saturated heterocycles. The standard InChI is InChI=1S/C15H14Br2FNO/c1-20-15-11(6-12(16)7-13(15)17)9-19-8-10-4-2-3-5-14(10)18/h2-7,19H,8-9H2,1H3. The van der Waals surface area contributed by atoms with Gasteiger partial charge in [0.25, 0.3) is 0 Å². The SMILES string of the molecule is COc1c(Br)cc(Br)cc1CNCc1ccccc1F. The van der Waals surface area contributed by atoms with Crippen molar-refractivity contribution in [2.75, 3.05) is 7.11 Å². The molecule has 2 rings (SSSR count). The van der Waals surface area contributed by atoms with Crippen molar-refractivity contribution in [1.29, 1.82) is 0 Å². The largest absolute Gasteiger partial charge is 0.495 e. The first-order valence-corrected chi connectivity index (χ1v) is 7.66. The van der Waals surface area contributed by atoms with Crippen LogP contribution >= 0.6 is 31.9 Å². The minimum absolute atomic E-state index is 0.192. The Morgan fingerprint density at radius 2 is 1.80 bits per heavy atom. The Labute approximate surface area is 134 Å². The van der Waals surface area contributed by atoms with Crippen LogP contribution in [-0.4, -0.2) is 7.11 Å². The molecule has 0 aliphatic rings. The van der Waals surface area contributed by atoms with Crippen LogP contribution in [-0.2, 0) is 13.1 Å². The maximum atomic E-state index is 13.5. The summed E-state index contributed by atoms with van der Waals surface area (Å²) in [6.07, 6.45) is 0. The lowest BCUT2D eigenvalue weighted by Gasteiger charge is -2.12. The Morgan fingerprint density at radius 3 is 2.50 bits per heavy atom. The van der Waals surface area contributed by atoms with Gasteiger partial charge in [0.1, 0.15) is 11.6 Å². The first-order chi connectivity index (χ1) is 9.61. The molecule has 106 valence electrons. The van der Waals surface area contributed by atoms with E-state index in [0.717, 1.165) is 20.3 Å². The van der Waals surface area contributed by atoms with Crippen LogP contribution in [0.15, 0.2) is 45.3 Å². The van der Waals surface area contributed by atoms with Crippen molar-refractivity contribution in [3.8, 4) is 5.75 Å². The van der Waals surface area contributed by atoms with E-state index < -0.39 is 0 Å². The molecule has 0 aromatic heterocycles. The molecule has 0 saturated carbocycles. The Hall–Kier alpha value is -0.910. The summed E-state index contributed by atoms with van der Waals surface area (Å²) in [5, 5.41) is 3.23. The lowest BCUT2D eigenvalue weighted by molar-refractivity contribution is 0.404. The fourth-order valence-corrected chi connectivity index (χ4v) is 3.42. The quantitative estimate of drug-likeness (QED) is 0.785. The molecule has 0 fully saturated rings. The summed E-state index contributed by atoms with van der Waals surface area (Å²) >= 11 is 6.92. The summed E-state index contributed by atoms with van der Waals surface area (Å²) in [5.74, 6) is 0.594. The lowest BCUT2D eigenvalue weighted by atomic mass is 10.2. The van der Waals surface area contributed by atoms with E-state index in [4.69, 9.17) is 4.74 Å². The number of halogens is 3. The summed E-state index contributed by atoms with van der Waals surface area (Å²) in [4.78, 5) is 0. The molecule has 2 nitrogen and oxygen atoms in total. The van der Waals surface area contributed by atoms with Gasteiger partial charge in [0.15, 0.2) is 0 Å². The molecule has 0 bridgehead atoms. The van der Waals surface area contributed by atoms with Crippen molar-refractivity contribution in [2.24, 2.45) is 0 Å². The van der Waals surface area contributed by atoms with E-state index in [1.165, 1.54) is 6.07 Å². The van der Waals surface area contributed by atoms with Crippen LogP contribution in [0.25, 0.3) is 0 Å². The highest BCUT2D eigenvalue weighted by Gasteiger charge is 2.09. The Kier molecular flexibility index (Phi) is 5.57. The molecular formula is C15H14Br2FNO. The molecular weight excluding hydrogens is 389 g/mol. The first kappa shape index (κ1) is 15.5. The van der Waals surface area contributed by atoms with Crippen molar-refractivity contribution < 1.29 is 9.13 Å². The summed E-state index contributed by atoms with van der Waals surface area (Å²) < 4.78 is 20.7. The van der Waals surface area contributed by atoms with E-state index in [-0.39, 0.29) is 5.82 Å². The molecule has 0 heterocycles. The number of methoxy groups -OCH3 is 1. The van der Waals surface area contributed by atoms with Crippen molar-refractivity contribution in [3.63, 3.8) is 0 Å². The zero-order chi connectivity index (χ0) is 14.5. The number of hydrogen-bond donors (Lipinski definition) is 1. The maximum absolute atomic E-state index is 13.5. The van der Waals surface area contributed by atoms with Gasteiger partial charge in [-0.3, -0.25) is 0 Å². The highest BCUT2D eigenvalue weighted by Crippen LogP contribution is 2.32. The third kappa shape index (κ3) is 3.81. The fourth-order valence-electron chi connectivity index (χ4n) is 1.95. The van der Waals surface area contributed by atoms with Crippen molar-refractivity contribution >= 4 is 31.9 Å². The Bertz CT molecular complexity index is 604. The van der Waals surface area contributed by atoms with Gasteiger partial charge in [-0.1, -0.05) is 34.1 Å². The highest BCUT2D eigenvalue weighted by atomic mass is 79.9. The molecule has 0 atom stereocenters. The summed E-state index contributed by atoms with van der Waals surface area (Å²) in [6.45, 7) is 1.06. The van der Waals surface area contributed by atoms with Gasteiger partial charge in [0.05, 0.1) is 11.6 Å². The molecule has 0 aliphatic heterocycles. The van der Waals surface area contributed by atoms with Crippen molar-refractivity contribution in [3.05, 3.63) is 62.3 Å². The van der Waals surface area contributed by atoms with E-state index in [0.29, 0.717) is 18.7 Å². The lowest BCUT2D eigenvalue weighted by Crippen LogP contribution is -2.14. The topological polar surface area (TPSA) is 21.3 Å². The second-order valence-electron chi connectivity index (χ2n) is 4.27. The number of hydrogen-bond acceptors (Lipinski definition) is 2. The number of nitrogens with one attached hydrogen (secondary N) is 1. The van der Waals surface area contributed by atoms with Gasteiger partial charge in [-0.05, 0) is 34.1 Å². The molecule has 2 aromatic carbocycles. The number of ether oxygens (including phenoxy) is 1. The molecule has 5 heteroatoms. The minimum atomic E-state index is -0.192. The predicted octanol–water partition coefficient (Wildman–Crippen LogP) is 4.65. The van der Waals surface area contributed by atoms with Crippen LogP contribution in [0.4, 0.5) is 4.39 Å². The number of rotatable bonds is 5. The zero-order valence-corrected chi connectivity index (χ0v) is 14.1. The molecule has 0 amide bonds. The molecule has 20 heavy (non-hydrogen) atoms. The van der Waals surface area contributed by atoms with Crippen LogP contribution in [0.5, 0.6) is 5.75 Å². The van der Waals surface area contributed by atoms with Crippen LogP contribution < -0.4 is 10.1 Å². The predicted molar refractivity (Wildman–Crippen MR) is 85.3 cm³/mol. The van der Waals surface area contributed by atoms with Gasteiger partial charge in [0, 0.05) is 28.7 Å². The summed E-state index contributed by atoms with van der Waals surface area (Å²) in [6, 6.07) is 10.7.